The molecule has 0 unspecified atom stereocenters. The molecule has 3 amide bonds. The zero-order valence-corrected chi connectivity index (χ0v) is 20.1. The van der Waals surface area contributed by atoms with E-state index in [1.807, 2.05) is 0 Å². The first kappa shape index (κ1) is 23.5. The molecule has 13 heteroatoms. The van der Waals surface area contributed by atoms with E-state index in [0.29, 0.717) is 26.3 Å². The van der Waals surface area contributed by atoms with Crippen LogP contribution in [0.2, 0.25) is 0 Å². The van der Waals surface area contributed by atoms with E-state index in [-0.39, 0.29) is 21.2 Å². The summed E-state index contributed by atoms with van der Waals surface area (Å²) in [4.78, 5) is 37.8. The summed E-state index contributed by atoms with van der Waals surface area (Å²) in [6.45, 7) is -0.535. The lowest BCUT2D eigenvalue weighted by molar-refractivity contribution is -0.127. The fraction of sp³-hybridized carbons (Fsp3) is 0.0556. The number of aromatic hydroxyl groups is 1. The van der Waals surface area contributed by atoms with Crippen molar-refractivity contribution in [1.82, 2.24) is 4.90 Å². The van der Waals surface area contributed by atoms with E-state index < -0.39 is 33.6 Å². The number of hydrogen-bond donors (Lipinski definition) is 3. The molecule has 1 fully saturated rings. The van der Waals surface area contributed by atoms with Gasteiger partial charge in [-0.25, -0.2) is 13.6 Å². The summed E-state index contributed by atoms with van der Waals surface area (Å²) < 4.78 is 23.6. The van der Waals surface area contributed by atoms with Crippen LogP contribution in [0.5, 0.6) is 5.75 Å². The Hall–Kier alpha value is -2.19. The molecule has 3 rings (SSSR count). The van der Waals surface area contributed by atoms with Gasteiger partial charge in [-0.3, -0.25) is 19.3 Å². The van der Waals surface area contributed by atoms with E-state index >= 15 is 0 Å². The zero-order chi connectivity index (χ0) is 22.9. The fourth-order valence-corrected chi connectivity index (χ4v) is 5.15. The minimum Gasteiger partial charge on any atom is -0.506 e. The minimum atomic E-state index is -3.86. The number of benzene rings is 2. The Kier molecular flexibility index (Phi) is 6.91. The molecule has 4 N–H and O–H groups in total. The van der Waals surface area contributed by atoms with Gasteiger partial charge in [0.1, 0.15) is 12.3 Å². The minimum absolute atomic E-state index is 0.0515. The summed E-state index contributed by atoms with van der Waals surface area (Å²) in [5, 5.41) is 17.0. The first-order valence-corrected chi connectivity index (χ1v) is 12.3. The fourth-order valence-electron chi connectivity index (χ4n) is 2.55. The number of carbonyl (C=O) groups is 3. The van der Waals surface area contributed by atoms with Crippen LogP contribution in [0.3, 0.4) is 0 Å². The van der Waals surface area contributed by atoms with E-state index in [1.165, 1.54) is 30.3 Å². The maximum absolute atomic E-state index is 12.6. The number of hydrogen-bond acceptors (Lipinski definition) is 7. The van der Waals surface area contributed by atoms with Crippen molar-refractivity contribution in [2.45, 2.75) is 4.90 Å². The van der Waals surface area contributed by atoms with Crippen LogP contribution < -0.4 is 10.5 Å². The Morgan fingerprint density at radius 3 is 2.45 bits per heavy atom. The van der Waals surface area contributed by atoms with Gasteiger partial charge in [0.05, 0.1) is 14.3 Å². The lowest BCUT2D eigenvalue weighted by Gasteiger charge is -2.12. The second kappa shape index (κ2) is 9.12. The van der Waals surface area contributed by atoms with Crippen LogP contribution in [0.15, 0.2) is 55.1 Å². The van der Waals surface area contributed by atoms with Crippen LogP contribution >= 0.6 is 43.6 Å². The van der Waals surface area contributed by atoms with Gasteiger partial charge in [-0.2, -0.15) is 0 Å². The van der Waals surface area contributed by atoms with E-state index in [0.717, 1.165) is 4.90 Å². The number of thioether (sulfide) groups is 1. The number of anilines is 1. The van der Waals surface area contributed by atoms with Crippen molar-refractivity contribution in [3.63, 3.8) is 0 Å². The van der Waals surface area contributed by atoms with Crippen molar-refractivity contribution in [3.05, 3.63) is 55.8 Å². The predicted octanol–water partition coefficient (Wildman–Crippen LogP) is 3.24. The van der Waals surface area contributed by atoms with Gasteiger partial charge in [0, 0.05) is 15.7 Å². The number of carbonyl (C=O) groups excluding carboxylic acids is 3. The Morgan fingerprint density at radius 1 is 1.19 bits per heavy atom. The number of phenolic OH excluding ortho intramolecular Hbond substituents is 1. The van der Waals surface area contributed by atoms with Crippen molar-refractivity contribution in [3.8, 4) is 5.75 Å². The van der Waals surface area contributed by atoms with E-state index in [9.17, 15) is 27.9 Å². The summed E-state index contributed by atoms with van der Waals surface area (Å²) in [7, 11) is -3.86. The van der Waals surface area contributed by atoms with Crippen molar-refractivity contribution < 1.29 is 27.9 Å². The third-order valence-electron chi connectivity index (χ3n) is 3.99. The number of sulfonamides is 1. The largest absolute Gasteiger partial charge is 0.506 e. The monoisotopic (exact) mass is 589 g/mol. The molecule has 162 valence electrons. The number of nitrogens with one attached hydrogen (secondary N) is 1. The highest BCUT2D eigenvalue weighted by molar-refractivity contribution is 9.11. The Balaban J connectivity index is 1.72. The molecule has 1 aliphatic heterocycles. The van der Waals surface area contributed by atoms with Crippen LogP contribution in [0.25, 0.3) is 6.08 Å². The molecule has 0 bridgehead atoms. The molecular weight excluding hydrogens is 578 g/mol. The molecule has 0 atom stereocenters. The summed E-state index contributed by atoms with van der Waals surface area (Å²) in [5.41, 5.74) is 0.579. The van der Waals surface area contributed by atoms with Gasteiger partial charge in [0.15, 0.2) is 0 Å². The lowest BCUT2D eigenvalue weighted by atomic mass is 10.2. The van der Waals surface area contributed by atoms with E-state index in [4.69, 9.17) is 5.14 Å². The summed E-state index contributed by atoms with van der Waals surface area (Å²) in [6, 6.07) is 8.30. The summed E-state index contributed by atoms with van der Waals surface area (Å²) in [6.07, 6.45) is 1.36. The molecule has 31 heavy (non-hydrogen) atoms. The van der Waals surface area contributed by atoms with Gasteiger partial charge in [0.2, 0.25) is 15.9 Å². The second-order valence-corrected chi connectivity index (χ2v) is 10.5. The second-order valence-electron chi connectivity index (χ2n) is 6.21. The van der Waals surface area contributed by atoms with Gasteiger partial charge in [-0.1, -0.05) is 15.9 Å². The van der Waals surface area contributed by atoms with Crippen LogP contribution in [-0.4, -0.2) is 42.0 Å². The van der Waals surface area contributed by atoms with Gasteiger partial charge in [0.25, 0.3) is 11.1 Å². The Labute approximate surface area is 198 Å². The van der Waals surface area contributed by atoms with Crippen LogP contribution in [-0.2, 0) is 19.6 Å². The highest BCUT2D eigenvalue weighted by Gasteiger charge is 2.36. The molecule has 0 radical (unpaired) electrons. The number of amides is 3. The smallest absolute Gasteiger partial charge is 0.294 e. The third kappa shape index (κ3) is 5.54. The molecule has 2 aromatic carbocycles. The van der Waals surface area contributed by atoms with E-state index in [1.54, 1.807) is 12.1 Å². The highest BCUT2D eigenvalue weighted by atomic mass is 79.9. The lowest BCUT2D eigenvalue weighted by Crippen LogP contribution is -2.36. The Morgan fingerprint density at radius 2 is 1.84 bits per heavy atom. The first-order valence-electron chi connectivity index (χ1n) is 8.32. The average Bonchev–Trinajstić information content (AvgIpc) is 2.93. The quantitative estimate of drug-likeness (QED) is 0.453. The average molecular weight is 591 g/mol. The molecule has 2 aromatic rings. The van der Waals surface area contributed by atoms with Crippen LogP contribution in [0.1, 0.15) is 5.56 Å². The topological polar surface area (TPSA) is 147 Å². The number of nitrogens with two attached hydrogens (primary N) is 1. The summed E-state index contributed by atoms with van der Waals surface area (Å²) in [5.74, 6) is -1.43. The van der Waals surface area contributed by atoms with Gasteiger partial charge in [-0.15, -0.1) is 0 Å². The zero-order valence-electron chi connectivity index (χ0n) is 15.3. The maximum atomic E-state index is 12.6. The number of rotatable bonds is 5. The molecule has 0 spiro atoms. The molecule has 0 saturated carbocycles. The SMILES string of the molecule is NS(=O)(=O)c1ccc(NC(=O)CN2C(=O)S/C(=C\c3cc(Br)cc(Br)c3O)C2=O)cc1. The van der Waals surface area contributed by atoms with Crippen molar-refractivity contribution in [2.75, 3.05) is 11.9 Å². The molecule has 1 heterocycles. The Bertz CT molecular complexity index is 1230. The molecule has 9 nitrogen and oxygen atoms in total. The number of nitrogens with zero attached hydrogens (tertiary/aromatic N) is 1. The van der Waals surface area contributed by atoms with Crippen molar-refractivity contribution >= 4 is 82.5 Å². The first-order chi connectivity index (χ1) is 14.5. The molecule has 0 aromatic heterocycles. The maximum Gasteiger partial charge on any atom is 0.294 e. The predicted molar refractivity (Wildman–Crippen MR) is 123 cm³/mol. The number of phenols is 1. The van der Waals surface area contributed by atoms with Gasteiger partial charge in [-0.05, 0) is 70.2 Å². The molecule has 0 aliphatic carbocycles. The van der Waals surface area contributed by atoms with Gasteiger partial charge < -0.3 is 10.4 Å². The number of primary sulfonamides is 1. The molecule has 1 aliphatic rings. The van der Waals surface area contributed by atoms with Crippen LogP contribution in [0, 0.1) is 0 Å². The van der Waals surface area contributed by atoms with E-state index in [2.05, 4.69) is 37.2 Å². The number of imide groups is 1. The summed E-state index contributed by atoms with van der Waals surface area (Å²) >= 11 is 7.12. The third-order valence-corrected chi connectivity index (χ3v) is 6.89. The number of halogens is 2. The van der Waals surface area contributed by atoms with Gasteiger partial charge >= 0.3 is 0 Å². The highest BCUT2D eigenvalue weighted by Crippen LogP contribution is 2.37. The van der Waals surface area contributed by atoms with Crippen molar-refractivity contribution in [1.29, 1.82) is 0 Å². The molecule has 1 saturated heterocycles. The standard InChI is InChI=1S/C18H13Br2N3O6S2/c19-10-5-9(16(25)13(20)7-10)6-14-17(26)23(18(27)30-14)8-15(24)22-11-1-3-12(4-2-11)31(21,28)29/h1-7,25H,8H2,(H,22,24)(H2,21,28,29)/b14-6-. The normalized spacial score (nSPS) is 15.6. The molecular formula is C18H13Br2N3O6S2. The van der Waals surface area contributed by atoms with Crippen molar-refractivity contribution in [2.24, 2.45) is 5.14 Å². The van der Waals surface area contributed by atoms with Crippen LogP contribution in [0.4, 0.5) is 10.5 Å².